The van der Waals surface area contributed by atoms with Crippen molar-refractivity contribution in [3.8, 4) is 6.07 Å². The van der Waals surface area contributed by atoms with Crippen LogP contribution in [-0.2, 0) is 6.42 Å². The molecule has 2 rings (SSSR count). The average Bonchev–Trinajstić information content (AvgIpc) is 2.41. The van der Waals surface area contributed by atoms with Crippen LogP contribution in [0.25, 0.3) is 0 Å². The normalized spacial score (nSPS) is 22.8. The Balaban J connectivity index is 2.11. The van der Waals surface area contributed by atoms with Crippen molar-refractivity contribution in [3.63, 3.8) is 0 Å². The van der Waals surface area contributed by atoms with Crippen LogP contribution in [0.5, 0.6) is 0 Å². The Morgan fingerprint density at radius 1 is 1.47 bits per heavy atom. The van der Waals surface area contributed by atoms with E-state index in [1.807, 2.05) is 12.1 Å². The molecule has 1 aromatic rings. The third-order valence-electron chi connectivity index (χ3n) is 3.53. The molecule has 1 aliphatic rings. The molecule has 5 heteroatoms. The highest BCUT2D eigenvalue weighted by Gasteiger charge is 2.31. The summed E-state index contributed by atoms with van der Waals surface area (Å²) in [5, 5.41) is 18.9. The van der Waals surface area contributed by atoms with E-state index in [-0.39, 0.29) is 12.0 Å². The zero-order chi connectivity index (χ0) is 13.8. The van der Waals surface area contributed by atoms with Gasteiger partial charge >= 0.3 is 6.09 Å². The van der Waals surface area contributed by atoms with E-state index in [0.717, 1.165) is 5.56 Å². The summed E-state index contributed by atoms with van der Waals surface area (Å²) in [6.45, 7) is 0.436. The predicted molar refractivity (Wildman–Crippen MR) is 72.0 cm³/mol. The van der Waals surface area contributed by atoms with E-state index in [9.17, 15) is 9.90 Å². The molecule has 2 atom stereocenters. The lowest BCUT2D eigenvalue weighted by atomic mass is 9.89. The van der Waals surface area contributed by atoms with Gasteiger partial charge in [0.2, 0.25) is 0 Å². The number of nitriles is 1. The van der Waals surface area contributed by atoms with E-state index in [0.29, 0.717) is 30.8 Å². The van der Waals surface area contributed by atoms with Crippen LogP contribution in [0.4, 0.5) is 4.79 Å². The maximum absolute atomic E-state index is 11.2. The number of carbonyl (C=O) groups is 1. The van der Waals surface area contributed by atoms with Gasteiger partial charge in [0.1, 0.15) is 0 Å². The molecule has 1 fully saturated rings. The SMILES string of the molecule is N#CC1CCN(C(=O)O)C(Cc2ccc(Cl)cc2)C1. The number of hydrogen-bond donors (Lipinski definition) is 1. The number of hydrogen-bond acceptors (Lipinski definition) is 2. The highest BCUT2D eigenvalue weighted by molar-refractivity contribution is 6.30. The molecule has 1 N–H and O–H groups in total. The summed E-state index contributed by atoms with van der Waals surface area (Å²) in [6, 6.07) is 9.52. The van der Waals surface area contributed by atoms with Crippen molar-refractivity contribution in [1.82, 2.24) is 4.90 Å². The van der Waals surface area contributed by atoms with Crippen LogP contribution in [0.2, 0.25) is 5.02 Å². The second-order valence-corrected chi connectivity index (χ2v) is 5.25. The Morgan fingerprint density at radius 3 is 2.74 bits per heavy atom. The monoisotopic (exact) mass is 278 g/mol. The molecule has 0 saturated carbocycles. The Labute approximate surface area is 117 Å². The Morgan fingerprint density at radius 2 is 2.16 bits per heavy atom. The number of nitrogens with zero attached hydrogens (tertiary/aromatic N) is 2. The predicted octanol–water partition coefficient (Wildman–Crippen LogP) is 3.16. The minimum absolute atomic E-state index is 0.0482. The lowest BCUT2D eigenvalue weighted by Crippen LogP contribution is -2.46. The molecular formula is C14H15ClN2O2. The summed E-state index contributed by atoms with van der Waals surface area (Å²) in [6.07, 6.45) is 0.947. The molecule has 19 heavy (non-hydrogen) atoms. The van der Waals surface area contributed by atoms with E-state index >= 15 is 0 Å². The van der Waals surface area contributed by atoms with Crippen LogP contribution >= 0.6 is 11.6 Å². The standard InChI is InChI=1S/C14H15ClN2O2/c15-12-3-1-10(2-4-12)7-13-8-11(9-16)5-6-17(13)14(18)19/h1-4,11,13H,5-8H2,(H,18,19). The van der Waals surface area contributed by atoms with Crippen molar-refractivity contribution >= 4 is 17.7 Å². The van der Waals surface area contributed by atoms with Crippen LogP contribution in [0.3, 0.4) is 0 Å². The third kappa shape index (κ3) is 3.39. The van der Waals surface area contributed by atoms with Gasteiger partial charge in [0, 0.05) is 23.5 Å². The lowest BCUT2D eigenvalue weighted by molar-refractivity contribution is 0.0978. The molecule has 1 aromatic carbocycles. The number of amides is 1. The minimum Gasteiger partial charge on any atom is -0.465 e. The van der Waals surface area contributed by atoms with Gasteiger partial charge in [-0.25, -0.2) is 4.79 Å². The fourth-order valence-corrected chi connectivity index (χ4v) is 2.63. The van der Waals surface area contributed by atoms with Crippen LogP contribution in [0, 0.1) is 17.2 Å². The van der Waals surface area contributed by atoms with Crippen molar-refractivity contribution in [2.24, 2.45) is 5.92 Å². The van der Waals surface area contributed by atoms with Gasteiger partial charge < -0.3 is 10.0 Å². The van der Waals surface area contributed by atoms with Gasteiger partial charge in [0.15, 0.2) is 0 Å². The van der Waals surface area contributed by atoms with Gasteiger partial charge in [0.25, 0.3) is 0 Å². The minimum atomic E-state index is -0.907. The van der Waals surface area contributed by atoms with E-state index in [1.165, 1.54) is 4.90 Å². The summed E-state index contributed by atoms with van der Waals surface area (Å²) in [7, 11) is 0. The summed E-state index contributed by atoms with van der Waals surface area (Å²) < 4.78 is 0. The van der Waals surface area contributed by atoms with Crippen molar-refractivity contribution in [2.75, 3.05) is 6.54 Å². The highest BCUT2D eigenvalue weighted by atomic mass is 35.5. The zero-order valence-corrected chi connectivity index (χ0v) is 11.2. The number of piperidine rings is 1. The van der Waals surface area contributed by atoms with Crippen LogP contribution in [0.15, 0.2) is 24.3 Å². The van der Waals surface area contributed by atoms with Gasteiger partial charge in [-0.2, -0.15) is 5.26 Å². The summed E-state index contributed by atoms with van der Waals surface area (Å²) in [4.78, 5) is 12.7. The Kier molecular flexibility index (Phi) is 4.28. The van der Waals surface area contributed by atoms with Crippen LogP contribution < -0.4 is 0 Å². The molecule has 0 aliphatic carbocycles. The van der Waals surface area contributed by atoms with Gasteiger partial charge in [-0.1, -0.05) is 23.7 Å². The first kappa shape index (κ1) is 13.7. The molecular weight excluding hydrogens is 264 g/mol. The summed E-state index contributed by atoms with van der Waals surface area (Å²) >= 11 is 5.83. The molecule has 0 radical (unpaired) electrons. The molecule has 4 nitrogen and oxygen atoms in total. The van der Waals surface area contributed by atoms with E-state index in [1.54, 1.807) is 12.1 Å². The van der Waals surface area contributed by atoms with Gasteiger partial charge in [0.05, 0.1) is 6.07 Å². The fraction of sp³-hybridized carbons (Fsp3) is 0.429. The first-order chi connectivity index (χ1) is 9.10. The van der Waals surface area contributed by atoms with Crippen molar-refractivity contribution < 1.29 is 9.90 Å². The second-order valence-electron chi connectivity index (χ2n) is 4.81. The average molecular weight is 279 g/mol. The van der Waals surface area contributed by atoms with Crippen molar-refractivity contribution in [2.45, 2.75) is 25.3 Å². The zero-order valence-electron chi connectivity index (χ0n) is 10.4. The quantitative estimate of drug-likeness (QED) is 0.904. The molecule has 0 spiro atoms. The van der Waals surface area contributed by atoms with Crippen LogP contribution in [-0.4, -0.2) is 28.7 Å². The lowest BCUT2D eigenvalue weighted by Gasteiger charge is -2.35. The number of halogens is 1. The number of rotatable bonds is 2. The maximum Gasteiger partial charge on any atom is 0.407 e. The number of likely N-dealkylation sites (tertiary alicyclic amines) is 1. The topological polar surface area (TPSA) is 64.3 Å². The third-order valence-corrected chi connectivity index (χ3v) is 3.78. The molecule has 1 amide bonds. The number of carboxylic acid groups (broad SMARTS) is 1. The molecule has 0 bridgehead atoms. The van der Waals surface area contributed by atoms with E-state index in [4.69, 9.17) is 16.9 Å². The first-order valence-corrected chi connectivity index (χ1v) is 6.61. The maximum atomic E-state index is 11.2. The highest BCUT2D eigenvalue weighted by Crippen LogP contribution is 2.25. The van der Waals surface area contributed by atoms with Crippen molar-refractivity contribution in [1.29, 1.82) is 5.26 Å². The van der Waals surface area contributed by atoms with Gasteiger partial charge in [-0.3, -0.25) is 0 Å². The first-order valence-electron chi connectivity index (χ1n) is 6.23. The fourth-order valence-electron chi connectivity index (χ4n) is 2.51. The second kappa shape index (κ2) is 5.94. The smallest absolute Gasteiger partial charge is 0.407 e. The molecule has 1 heterocycles. The molecule has 2 unspecified atom stereocenters. The molecule has 100 valence electrons. The summed E-state index contributed by atoms with van der Waals surface area (Å²) in [5.74, 6) is -0.0482. The molecule has 1 aliphatic heterocycles. The van der Waals surface area contributed by atoms with E-state index in [2.05, 4.69) is 6.07 Å². The Bertz CT molecular complexity index is 495. The largest absolute Gasteiger partial charge is 0.465 e. The van der Waals surface area contributed by atoms with E-state index < -0.39 is 6.09 Å². The molecule has 0 aromatic heterocycles. The van der Waals surface area contributed by atoms with Gasteiger partial charge in [-0.15, -0.1) is 0 Å². The number of benzene rings is 1. The summed E-state index contributed by atoms with van der Waals surface area (Å²) in [5.41, 5.74) is 1.04. The molecule has 1 saturated heterocycles. The van der Waals surface area contributed by atoms with Crippen molar-refractivity contribution in [3.05, 3.63) is 34.9 Å². The Hall–Kier alpha value is -1.73. The van der Waals surface area contributed by atoms with Gasteiger partial charge in [-0.05, 0) is 37.0 Å². The van der Waals surface area contributed by atoms with Crippen LogP contribution in [0.1, 0.15) is 18.4 Å².